The van der Waals surface area contributed by atoms with E-state index in [2.05, 4.69) is 13.8 Å². The maximum Gasteiger partial charge on any atom is 0.297 e. The van der Waals surface area contributed by atoms with Crippen molar-refractivity contribution in [2.24, 2.45) is 0 Å². The van der Waals surface area contributed by atoms with Crippen molar-refractivity contribution in [2.45, 2.75) is 91.2 Å². The molecular weight excluding hydrogens is 450 g/mol. The molecule has 3 aromatic rings. The van der Waals surface area contributed by atoms with Crippen molar-refractivity contribution in [3.8, 4) is 17.2 Å². The lowest BCUT2D eigenvalue weighted by molar-refractivity contribution is 0.279. The smallest absolute Gasteiger partial charge is 0.297 e. The Morgan fingerprint density at radius 1 is 0.750 bits per heavy atom. The summed E-state index contributed by atoms with van der Waals surface area (Å²) < 4.78 is 19.7. The van der Waals surface area contributed by atoms with Crippen LogP contribution < -0.4 is 19.8 Å². The van der Waals surface area contributed by atoms with E-state index in [4.69, 9.17) is 14.2 Å². The average Bonchev–Trinajstić information content (AvgIpc) is 2.91. The first kappa shape index (κ1) is 27.6. The molecule has 5 heteroatoms. The summed E-state index contributed by atoms with van der Waals surface area (Å²) in [6, 6.07) is 15.8. The topological polar surface area (TPSA) is 49.7 Å². The molecule has 0 aliphatic carbocycles. The molecule has 0 unspecified atom stereocenters. The van der Waals surface area contributed by atoms with Gasteiger partial charge in [0, 0.05) is 18.0 Å². The molecule has 0 amide bonds. The summed E-state index contributed by atoms with van der Waals surface area (Å²) in [4.78, 5) is 13.7. The van der Waals surface area contributed by atoms with E-state index in [9.17, 15) is 4.79 Å². The molecular formula is C31H43NO4. The highest BCUT2D eigenvalue weighted by Crippen LogP contribution is 2.35. The third-order valence-electron chi connectivity index (χ3n) is 6.58. The zero-order valence-electron chi connectivity index (χ0n) is 22.4. The zero-order chi connectivity index (χ0) is 25.6. The van der Waals surface area contributed by atoms with Gasteiger partial charge < -0.3 is 18.8 Å². The number of unbranched alkanes of at least 4 members (excludes halogenated alkanes) is 8. The number of fused-ring (bicyclic) bond motifs is 1. The Morgan fingerprint density at radius 3 is 2.17 bits per heavy atom. The molecule has 0 radical (unpaired) electrons. The van der Waals surface area contributed by atoms with Crippen LogP contribution in [0.15, 0.2) is 53.3 Å². The van der Waals surface area contributed by atoms with Crippen LogP contribution in [0.5, 0.6) is 17.2 Å². The van der Waals surface area contributed by atoms with Crippen LogP contribution in [-0.4, -0.2) is 18.3 Å². The lowest BCUT2D eigenvalue weighted by atomic mass is 10.1. The van der Waals surface area contributed by atoms with Crippen LogP contribution in [0.3, 0.4) is 0 Å². The van der Waals surface area contributed by atoms with Crippen LogP contribution in [0.25, 0.3) is 10.9 Å². The number of methoxy groups -OCH3 is 1. The summed E-state index contributed by atoms with van der Waals surface area (Å²) in [6.07, 6.45) is 11.6. The zero-order valence-corrected chi connectivity index (χ0v) is 22.4. The molecule has 0 fully saturated rings. The fraction of sp³-hybridized carbons (Fsp3) is 0.516. The number of pyridine rings is 1. The molecule has 0 aliphatic heterocycles. The van der Waals surface area contributed by atoms with Gasteiger partial charge in [0.15, 0.2) is 5.75 Å². The van der Waals surface area contributed by atoms with Gasteiger partial charge in [0.2, 0.25) is 5.75 Å². The number of hydrogen-bond donors (Lipinski definition) is 0. The number of aryl methyl sites for hydroxylation is 1. The van der Waals surface area contributed by atoms with Gasteiger partial charge in [-0.05, 0) is 30.5 Å². The first-order valence-electron chi connectivity index (χ1n) is 13.7. The minimum absolute atomic E-state index is 0.149. The summed E-state index contributed by atoms with van der Waals surface area (Å²) in [7, 11) is 1.60. The highest BCUT2D eigenvalue weighted by atomic mass is 16.5. The van der Waals surface area contributed by atoms with Crippen LogP contribution in [0.4, 0.5) is 0 Å². The largest absolute Gasteiger partial charge is 0.494 e. The molecule has 196 valence electrons. The predicted molar refractivity (Wildman–Crippen MR) is 149 cm³/mol. The van der Waals surface area contributed by atoms with Gasteiger partial charge >= 0.3 is 0 Å². The Hall–Kier alpha value is -2.95. The Morgan fingerprint density at radius 2 is 1.44 bits per heavy atom. The van der Waals surface area contributed by atoms with E-state index >= 15 is 0 Å². The molecule has 0 saturated heterocycles. The molecule has 0 N–H and O–H groups in total. The highest BCUT2D eigenvalue weighted by molar-refractivity contribution is 5.89. The predicted octanol–water partition coefficient (Wildman–Crippen LogP) is 7.91. The second-order valence-electron chi connectivity index (χ2n) is 9.45. The number of benzene rings is 2. The fourth-order valence-corrected chi connectivity index (χ4v) is 4.52. The molecule has 3 rings (SSSR count). The molecule has 5 nitrogen and oxygen atoms in total. The molecule has 1 heterocycles. The van der Waals surface area contributed by atoms with E-state index in [0.29, 0.717) is 25.5 Å². The van der Waals surface area contributed by atoms with Crippen molar-refractivity contribution in [3.05, 3.63) is 64.4 Å². The SMILES string of the molecule is CCCCCCCCn1c(=O)c(OCc2ccccc2)c(OC)c2ccc(OCCCCCC)cc21. The number of aromatic nitrogens is 1. The summed E-state index contributed by atoms with van der Waals surface area (Å²) in [5.74, 6) is 1.54. The third-order valence-corrected chi connectivity index (χ3v) is 6.58. The van der Waals surface area contributed by atoms with Crippen LogP contribution in [0.2, 0.25) is 0 Å². The van der Waals surface area contributed by atoms with Gasteiger partial charge in [-0.2, -0.15) is 0 Å². The van der Waals surface area contributed by atoms with Gasteiger partial charge in [0.1, 0.15) is 12.4 Å². The van der Waals surface area contributed by atoms with Gasteiger partial charge in [-0.15, -0.1) is 0 Å². The monoisotopic (exact) mass is 493 g/mol. The molecule has 1 aromatic heterocycles. The maximum atomic E-state index is 13.7. The third kappa shape index (κ3) is 7.78. The Balaban J connectivity index is 1.89. The van der Waals surface area contributed by atoms with Gasteiger partial charge in [0.05, 0.1) is 19.2 Å². The number of ether oxygens (including phenoxy) is 3. The standard InChI is InChI=1S/C31H43NO4/c1-4-6-8-10-11-15-21-32-28-23-26(35-22-16-9-7-5-2)19-20-27(28)29(34-3)30(31(32)33)36-24-25-17-13-12-14-18-25/h12-14,17-20,23H,4-11,15-16,21-22,24H2,1-3H3. The first-order valence-corrected chi connectivity index (χ1v) is 13.7. The number of nitrogens with zero attached hydrogens (tertiary/aromatic N) is 1. The van der Waals surface area contributed by atoms with Crippen molar-refractivity contribution in [1.29, 1.82) is 0 Å². The molecule has 0 aliphatic rings. The second-order valence-corrected chi connectivity index (χ2v) is 9.45. The molecule has 0 atom stereocenters. The van der Waals surface area contributed by atoms with E-state index in [-0.39, 0.29) is 11.3 Å². The summed E-state index contributed by atoms with van der Waals surface area (Å²) >= 11 is 0. The Kier molecular flexibility index (Phi) is 11.7. The molecule has 2 aromatic carbocycles. The normalized spacial score (nSPS) is 11.1. The van der Waals surface area contributed by atoms with Crippen molar-refractivity contribution in [1.82, 2.24) is 4.57 Å². The molecule has 0 saturated carbocycles. The minimum Gasteiger partial charge on any atom is -0.494 e. The fourth-order valence-electron chi connectivity index (χ4n) is 4.52. The maximum absolute atomic E-state index is 13.7. The van der Waals surface area contributed by atoms with E-state index in [1.165, 1.54) is 44.9 Å². The second kappa shape index (κ2) is 15.2. The van der Waals surface area contributed by atoms with Crippen LogP contribution >= 0.6 is 0 Å². The number of hydrogen-bond acceptors (Lipinski definition) is 4. The van der Waals surface area contributed by atoms with E-state index in [1.54, 1.807) is 7.11 Å². The van der Waals surface area contributed by atoms with Gasteiger partial charge in [0.25, 0.3) is 5.56 Å². The van der Waals surface area contributed by atoms with Crippen LogP contribution in [0, 0.1) is 0 Å². The van der Waals surface area contributed by atoms with Gasteiger partial charge in [-0.3, -0.25) is 4.79 Å². The Bertz CT molecular complexity index is 1110. The van der Waals surface area contributed by atoms with Crippen molar-refractivity contribution < 1.29 is 14.2 Å². The summed E-state index contributed by atoms with van der Waals surface area (Å²) in [6.45, 7) is 6.07. The van der Waals surface area contributed by atoms with Crippen molar-refractivity contribution in [3.63, 3.8) is 0 Å². The quantitative estimate of drug-likeness (QED) is 0.179. The van der Waals surface area contributed by atoms with Crippen LogP contribution in [-0.2, 0) is 13.2 Å². The Labute approximate surface area is 216 Å². The highest BCUT2D eigenvalue weighted by Gasteiger charge is 2.20. The van der Waals surface area contributed by atoms with E-state index in [0.717, 1.165) is 41.5 Å². The minimum atomic E-state index is -0.149. The molecule has 0 spiro atoms. The van der Waals surface area contributed by atoms with Gasteiger partial charge in [-0.25, -0.2) is 0 Å². The van der Waals surface area contributed by atoms with Crippen molar-refractivity contribution in [2.75, 3.05) is 13.7 Å². The molecule has 0 bridgehead atoms. The van der Waals surface area contributed by atoms with Gasteiger partial charge in [-0.1, -0.05) is 95.5 Å². The van der Waals surface area contributed by atoms with Crippen molar-refractivity contribution >= 4 is 10.9 Å². The summed E-state index contributed by atoms with van der Waals surface area (Å²) in [5.41, 5.74) is 1.70. The number of rotatable bonds is 17. The van der Waals surface area contributed by atoms with Crippen LogP contribution in [0.1, 0.15) is 83.6 Å². The lowest BCUT2D eigenvalue weighted by Crippen LogP contribution is -2.23. The van der Waals surface area contributed by atoms with E-state index in [1.807, 2.05) is 53.1 Å². The first-order chi connectivity index (χ1) is 17.7. The average molecular weight is 494 g/mol. The van der Waals surface area contributed by atoms with E-state index < -0.39 is 0 Å². The summed E-state index contributed by atoms with van der Waals surface area (Å²) in [5, 5.41) is 0.865. The molecule has 36 heavy (non-hydrogen) atoms. The lowest BCUT2D eigenvalue weighted by Gasteiger charge is -2.18.